The summed E-state index contributed by atoms with van der Waals surface area (Å²) in [5, 5.41) is 20.8. The second-order valence-corrected chi connectivity index (χ2v) is 6.07. The minimum Gasteiger partial charge on any atom is -0.480 e. The average molecular weight is 306 g/mol. The van der Waals surface area contributed by atoms with Crippen LogP contribution in [0, 0.1) is 16.0 Å². The lowest BCUT2D eigenvalue weighted by Crippen LogP contribution is -2.22. The van der Waals surface area contributed by atoms with Crippen LogP contribution < -0.4 is 0 Å². The molecule has 0 saturated heterocycles. The lowest BCUT2D eigenvalue weighted by Gasteiger charge is -2.16. The van der Waals surface area contributed by atoms with Gasteiger partial charge in [0.15, 0.2) is 0 Å². The number of pyridine rings is 1. The largest absolute Gasteiger partial charge is 0.480 e. The van der Waals surface area contributed by atoms with Crippen molar-refractivity contribution in [2.24, 2.45) is 5.92 Å². The fraction of sp³-hybridized carbons (Fsp3) is 0.286. The van der Waals surface area contributed by atoms with Gasteiger partial charge in [0.05, 0.1) is 10.3 Å². The van der Waals surface area contributed by atoms with E-state index in [4.69, 9.17) is 0 Å². The molecule has 0 aliphatic heterocycles. The van der Waals surface area contributed by atoms with Gasteiger partial charge in [0.1, 0.15) is 5.25 Å². The van der Waals surface area contributed by atoms with Crippen molar-refractivity contribution in [2.45, 2.75) is 24.0 Å². The third kappa shape index (κ3) is 3.13. The molecule has 0 aliphatic rings. The Balaban J connectivity index is 2.53. The summed E-state index contributed by atoms with van der Waals surface area (Å²) in [5.74, 6) is -0.959. The zero-order valence-corrected chi connectivity index (χ0v) is 12.3. The zero-order chi connectivity index (χ0) is 15.6. The molecule has 0 radical (unpaired) electrons. The Hall–Kier alpha value is -2.15. The van der Waals surface area contributed by atoms with Crippen molar-refractivity contribution in [3.63, 3.8) is 0 Å². The summed E-state index contributed by atoms with van der Waals surface area (Å²) in [6, 6.07) is 4.57. The Morgan fingerprint density at radius 3 is 2.62 bits per heavy atom. The third-order valence-corrected chi connectivity index (χ3v) is 4.66. The van der Waals surface area contributed by atoms with E-state index < -0.39 is 16.1 Å². The minimum absolute atomic E-state index is 0.00632. The predicted molar refractivity (Wildman–Crippen MR) is 80.5 cm³/mol. The van der Waals surface area contributed by atoms with Gasteiger partial charge in [0, 0.05) is 28.7 Å². The SMILES string of the molecule is CC(C)C(Sc1ccc([N+](=O)[O-])c2ccncc12)C(=O)O. The van der Waals surface area contributed by atoms with Gasteiger partial charge in [-0.1, -0.05) is 13.8 Å². The molecule has 21 heavy (non-hydrogen) atoms. The number of aliphatic carboxylic acids is 1. The molecule has 0 spiro atoms. The minimum atomic E-state index is -0.898. The van der Waals surface area contributed by atoms with E-state index in [1.54, 1.807) is 12.1 Å². The highest BCUT2D eigenvalue weighted by atomic mass is 32.2. The van der Waals surface area contributed by atoms with E-state index in [9.17, 15) is 20.0 Å². The van der Waals surface area contributed by atoms with Gasteiger partial charge in [-0.15, -0.1) is 11.8 Å². The van der Waals surface area contributed by atoms with Gasteiger partial charge in [-0.3, -0.25) is 19.9 Å². The van der Waals surface area contributed by atoms with E-state index in [0.717, 1.165) is 0 Å². The van der Waals surface area contributed by atoms with Gasteiger partial charge in [-0.05, 0) is 18.1 Å². The number of carboxylic acids is 1. The first kappa shape index (κ1) is 15.2. The Bertz CT molecular complexity index is 702. The van der Waals surface area contributed by atoms with Crippen LogP contribution >= 0.6 is 11.8 Å². The highest BCUT2D eigenvalue weighted by Gasteiger charge is 2.24. The average Bonchev–Trinajstić information content (AvgIpc) is 2.43. The monoisotopic (exact) mass is 306 g/mol. The van der Waals surface area contributed by atoms with Crippen LogP contribution in [0.25, 0.3) is 10.8 Å². The van der Waals surface area contributed by atoms with Crippen molar-refractivity contribution in [1.82, 2.24) is 4.98 Å². The highest BCUT2D eigenvalue weighted by molar-refractivity contribution is 8.00. The first-order valence-corrected chi connectivity index (χ1v) is 7.20. The van der Waals surface area contributed by atoms with Crippen LogP contribution in [0.1, 0.15) is 13.8 Å². The number of carbonyl (C=O) groups is 1. The van der Waals surface area contributed by atoms with Crippen LogP contribution in [0.3, 0.4) is 0 Å². The molecule has 6 nitrogen and oxygen atoms in total. The molecule has 0 fully saturated rings. The molecule has 0 bridgehead atoms. The molecule has 1 aromatic carbocycles. The number of rotatable bonds is 5. The Morgan fingerprint density at radius 1 is 1.33 bits per heavy atom. The summed E-state index contributed by atoms with van der Waals surface area (Å²) in [6.07, 6.45) is 3.02. The van der Waals surface area contributed by atoms with E-state index in [0.29, 0.717) is 15.7 Å². The first-order chi connectivity index (χ1) is 9.91. The molecule has 110 valence electrons. The van der Waals surface area contributed by atoms with Crippen LogP contribution in [0.2, 0.25) is 0 Å². The number of carboxylic acid groups (broad SMARTS) is 1. The number of fused-ring (bicyclic) bond motifs is 1. The lowest BCUT2D eigenvalue weighted by molar-refractivity contribution is -0.383. The summed E-state index contributed by atoms with van der Waals surface area (Å²) in [5.41, 5.74) is -0.00632. The van der Waals surface area contributed by atoms with Gasteiger partial charge in [0.25, 0.3) is 5.69 Å². The van der Waals surface area contributed by atoms with E-state index >= 15 is 0 Å². The maximum absolute atomic E-state index is 11.3. The number of non-ortho nitro benzene ring substituents is 1. The van der Waals surface area contributed by atoms with Crippen molar-refractivity contribution < 1.29 is 14.8 Å². The van der Waals surface area contributed by atoms with E-state index in [1.165, 1.54) is 30.2 Å². The highest BCUT2D eigenvalue weighted by Crippen LogP contribution is 2.36. The van der Waals surface area contributed by atoms with Crippen molar-refractivity contribution in [3.05, 3.63) is 40.7 Å². The molecule has 1 N–H and O–H groups in total. The number of nitrogens with zero attached hydrogens (tertiary/aromatic N) is 2. The molecule has 0 aliphatic carbocycles. The molecule has 1 atom stereocenters. The van der Waals surface area contributed by atoms with Crippen molar-refractivity contribution in [1.29, 1.82) is 0 Å². The molecule has 0 amide bonds. The maximum atomic E-state index is 11.3. The predicted octanol–water partition coefficient (Wildman–Crippen LogP) is 3.34. The van der Waals surface area contributed by atoms with Gasteiger partial charge < -0.3 is 5.11 Å². The normalized spacial score (nSPS) is 12.5. The van der Waals surface area contributed by atoms with Crippen LogP contribution in [-0.4, -0.2) is 26.2 Å². The van der Waals surface area contributed by atoms with Gasteiger partial charge in [-0.25, -0.2) is 0 Å². The van der Waals surface area contributed by atoms with Crippen molar-refractivity contribution >= 4 is 34.2 Å². The number of hydrogen-bond acceptors (Lipinski definition) is 5. The van der Waals surface area contributed by atoms with Crippen molar-refractivity contribution in [3.8, 4) is 0 Å². The van der Waals surface area contributed by atoms with E-state index in [-0.39, 0.29) is 11.6 Å². The summed E-state index contributed by atoms with van der Waals surface area (Å²) in [6.45, 7) is 3.66. The first-order valence-electron chi connectivity index (χ1n) is 6.32. The van der Waals surface area contributed by atoms with E-state index in [1.807, 2.05) is 13.8 Å². The quantitative estimate of drug-likeness (QED) is 0.517. The topological polar surface area (TPSA) is 93.3 Å². The summed E-state index contributed by atoms with van der Waals surface area (Å²) < 4.78 is 0. The molecule has 1 aromatic heterocycles. The fourth-order valence-electron chi connectivity index (χ4n) is 2.02. The summed E-state index contributed by atoms with van der Waals surface area (Å²) >= 11 is 1.19. The Labute approximate surface area is 125 Å². The van der Waals surface area contributed by atoms with Gasteiger partial charge >= 0.3 is 5.97 Å². The number of nitro groups is 1. The van der Waals surface area contributed by atoms with Gasteiger partial charge in [0.2, 0.25) is 0 Å². The molecule has 0 saturated carbocycles. The smallest absolute Gasteiger partial charge is 0.317 e. The third-order valence-electron chi connectivity index (χ3n) is 3.05. The lowest BCUT2D eigenvalue weighted by atomic mass is 10.1. The standard InChI is InChI=1S/C14H14N2O4S/c1-8(2)13(14(17)18)21-12-4-3-11(16(19)20)9-5-6-15-7-10(9)12/h3-8,13H,1-2H3,(H,17,18). The molecule has 1 unspecified atom stereocenters. The maximum Gasteiger partial charge on any atom is 0.317 e. The summed E-state index contributed by atoms with van der Waals surface area (Å²) in [4.78, 5) is 26.6. The Kier molecular flexibility index (Phi) is 4.42. The fourth-order valence-corrected chi connectivity index (χ4v) is 3.10. The van der Waals surface area contributed by atoms with E-state index in [2.05, 4.69) is 4.98 Å². The second-order valence-electron chi connectivity index (χ2n) is 4.88. The molecular weight excluding hydrogens is 292 g/mol. The molecular formula is C14H14N2O4S. The second kappa shape index (κ2) is 6.09. The van der Waals surface area contributed by atoms with Gasteiger partial charge in [-0.2, -0.15) is 0 Å². The number of aromatic nitrogens is 1. The van der Waals surface area contributed by atoms with Crippen LogP contribution in [0.4, 0.5) is 5.69 Å². The molecule has 2 aromatic rings. The number of thioether (sulfide) groups is 1. The molecule has 2 rings (SSSR count). The summed E-state index contributed by atoms with van der Waals surface area (Å²) in [7, 11) is 0. The van der Waals surface area contributed by atoms with Crippen molar-refractivity contribution in [2.75, 3.05) is 0 Å². The molecule has 7 heteroatoms. The number of nitro benzene ring substituents is 1. The Morgan fingerprint density at radius 2 is 2.05 bits per heavy atom. The van der Waals surface area contributed by atoms with Crippen LogP contribution in [-0.2, 0) is 4.79 Å². The number of hydrogen-bond donors (Lipinski definition) is 1. The van der Waals surface area contributed by atoms with Crippen LogP contribution in [0.5, 0.6) is 0 Å². The zero-order valence-electron chi connectivity index (χ0n) is 11.5. The molecule has 1 heterocycles. The van der Waals surface area contributed by atoms with Crippen LogP contribution in [0.15, 0.2) is 35.5 Å². The number of benzene rings is 1.